The van der Waals surface area contributed by atoms with Crippen molar-refractivity contribution in [1.82, 2.24) is 13.9 Å². The van der Waals surface area contributed by atoms with Gasteiger partial charge in [0.2, 0.25) is 5.91 Å². The number of carbonyl (C=O) groups is 1. The number of likely N-dealkylation sites (tertiary alicyclic amines) is 1. The lowest BCUT2D eigenvalue weighted by Crippen LogP contribution is -2.59. The first-order valence-corrected chi connectivity index (χ1v) is 14.8. The molecular formula is C28H35Cl2N3O3S. The molecule has 2 fully saturated rings. The van der Waals surface area contributed by atoms with Crippen molar-refractivity contribution in [3.63, 3.8) is 0 Å². The first-order chi connectivity index (χ1) is 17.5. The minimum atomic E-state index is -3.66. The van der Waals surface area contributed by atoms with Gasteiger partial charge in [-0.2, -0.15) is 12.7 Å². The Morgan fingerprint density at radius 3 is 2.38 bits per heavy atom. The van der Waals surface area contributed by atoms with Crippen molar-refractivity contribution in [2.45, 2.75) is 50.6 Å². The molecule has 6 nitrogen and oxygen atoms in total. The van der Waals surface area contributed by atoms with Gasteiger partial charge in [-0.3, -0.25) is 4.79 Å². The van der Waals surface area contributed by atoms with E-state index < -0.39 is 15.6 Å². The zero-order chi connectivity index (χ0) is 27.0. The first kappa shape index (κ1) is 28.1. The summed E-state index contributed by atoms with van der Waals surface area (Å²) in [6, 6.07) is 14.8. The molecule has 2 aliphatic rings. The molecule has 200 valence electrons. The topological polar surface area (TPSA) is 69.7 Å². The molecule has 1 heterocycles. The standard InChI is InChI=1S/C28H35Cl2N3O3S/c1-5-15-28(2)17-24(21-7-6-8-23(30)16-21)26(20-11-13-22(29)14-12-20)33(27(28)34)25(19-9-10-19)18-31-37(35,36)32(3)4/h5-8,11-14,16,19,24-26,31H,1,9-10,15,17-18H2,2-4H3/t24?,25?,26-,28+/m1/s1. The molecule has 2 aromatic carbocycles. The van der Waals surface area contributed by atoms with Crippen LogP contribution in [0.3, 0.4) is 0 Å². The van der Waals surface area contributed by atoms with E-state index in [1.54, 1.807) is 6.08 Å². The molecule has 1 aliphatic heterocycles. The molecule has 1 saturated carbocycles. The number of amides is 1. The van der Waals surface area contributed by atoms with Crippen LogP contribution in [0, 0.1) is 11.3 Å². The molecule has 0 bridgehead atoms. The van der Waals surface area contributed by atoms with Gasteiger partial charge in [0.1, 0.15) is 0 Å². The maximum absolute atomic E-state index is 14.4. The largest absolute Gasteiger partial charge is 0.330 e. The summed E-state index contributed by atoms with van der Waals surface area (Å²) in [7, 11) is -0.672. The van der Waals surface area contributed by atoms with Gasteiger partial charge in [0.05, 0.1) is 11.5 Å². The predicted molar refractivity (Wildman–Crippen MR) is 150 cm³/mol. The second-order valence-electron chi connectivity index (χ2n) is 10.7. The lowest BCUT2D eigenvalue weighted by atomic mass is 9.67. The van der Waals surface area contributed by atoms with E-state index in [0.717, 1.165) is 28.3 Å². The van der Waals surface area contributed by atoms with Gasteiger partial charge in [-0.15, -0.1) is 6.58 Å². The number of hydrogen-bond donors (Lipinski definition) is 1. The first-order valence-electron chi connectivity index (χ1n) is 12.6. The van der Waals surface area contributed by atoms with E-state index in [2.05, 4.69) is 17.4 Å². The summed E-state index contributed by atoms with van der Waals surface area (Å²) in [6.07, 6.45) is 4.84. The molecule has 0 radical (unpaired) electrons. The zero-order valence-corrected chi connectivity index (χ0v) is 23.9. The molecule has 0 spiro atoms. The van der Waals surface area contributed by atoms with Crippen LogP contribution in [0.25, 0.3) is 0 Å². The lowest BCUT2D eigenvalue weighted by Gasteiger charge is -2.52. The Labute approximate surface area is 230 Å². The van der Waals surface area contributed by atoms with E-state index in [0.29, 0.717) is 22.9 Å². The van der Waals surface area contributed by atoms with Crippen LogP contribution in [0.1, 0.15) is 55.7 Å². The predicted octanol–water partition coefficient (Wildman–Crippen LogP) is 5.81. The number of nitrogens with zero attached hydrogens (tertiary/aromatic N) is 2. The summed E-state index contributed by atoms with van der Waals surface area (Å²) in [5.74, 6) is 0.176. The maximum Gasteiger partial charge on any atom is 0.279 e. The van der Waals surface area contributed by atoms with Crippen molar-refractivity contribution in [3.05, 3.63) is 82.4 Å². The molecule has 1 aliphatic carbocycles. The van der Waals surface area contributed by atoms with Crippen LogP contribution in [0.2, 0.25) is 10.0 Å². The number of hydrogen-bond acceptors (Lipinski definition) is 3. The molecular weight excluding hydrogens is 529 g/mol. The highest BCUT2D eigenvalue weighted by molar-refractivity contribution is 7.87. The summed E-state index contributed by atoms with van der Waals surface area (Å²) >= 11 is 12.7. The number of carbonyl (C=O) groups excluding carboxylic acids is 1. The summed E-state index contributed by atoms with van der Waals surface area (Å²) in [4.78, 5) is 16.4. The fraction of sp³-hybridized carbons (Fsp3) is 0.464. The Bertz CT molecular complexity index is 1250. The summed E-state index contributed by atoms with van der Waals surface area (Å²) in [5.41, 5.74) is 1.32. The average Bonchev–Trinajstić information content (AvgIpc) is 3.68. The van der Waals surface area contributed by atoms with Crippen molar-refractivity contribution >= 4 is 39.3 Å². The Morgan fingerprint density at radius 2 is 1.81 bits per heavy atom. The van der Waals surface area contributed by atoms with Gasteiger partial charge in [-0.05, 0) is 67.0 Å². The van der Waals surface area contributed by atoms with Gasteiger partial charge in [0, 0.05) is 42.6 Å². The van der Waals surface area contributed by atoms with Crippen LogP contribution < -0.4 is 4.72 Å². The van der Waals surface area contributed by atoms with Crippen molar-refractivity contribution in [1.29, 1.82) is 0 Å². The van der Waals surface area contributed by atoms with Crippen molar-refractivity contribution in [2.75, 3.05) is 20.6 Å². The maximum atomic E-state index is 14.4. The fourth-order valence-corrected chi connectivity index (χ4v) is 6.51. The number of nitrogens with one attached hydrogen (secondary N) is 1. The Kier molecular flexibility index (Phi) is 8.41. The Morgan fingerprint density at radius 1 is 1.14 bits per heavy atom. The minimum absolute atomic E-state index is 0.0200. The van der Waals surface area contributed by atoms with E-state index in [-0.39, 0.29) is 36.4 Å². The molecule has 4 rings (SSSR count). The quantitative estimate of drug-likeness (QED) is 0.371. The number of allylic oxidation sites excluding steroid dienone is 1. The third-order valence-corrected chi connectivity index (χ3v) is 9.64. The smallest absolute Gasteiger partial charge is 0.279 e. The molecule has 2 aromatic rings. The third kappa shape index (κ3) is 6.07. The normalized spacial score (nSPS) is 25.4. The van der Waals surface area contributed by atoms with E-state index in [1.165, 1.54) is 14.1 Å². The Hall–Kier alpha value is -1.90. The third-order valence-electron chi connectivity index (χ3n) is 7.66. The number of benzene rings is 2. The molecule has 4 atom stereocenters. The molecule has 9 heteroatoms. The van der Waals surface area contributed by atoms with Gasteiger partial charge in [-0.1, -0.05) is 60.5 Å². The van der Waals surface area contributed by atoms with Gasteiger partial charge in [0.25, 0.3) is 10.2 Å². The lowest BCUT2D eigenvalue weighted by molar-refractivity contribution is -0.155. The second-order valence-corrected chi connectivity index (χ2v) is 13.5. The highest BCUT2D eigenvalue weighted by atomic mass is 35.5. The van der Waals surface area contributed by atoms with Crippen LogP contribution in [-0.4, -0.2) is 50.2 Å². The van der Waals surface area contributed by atoms with Crippen LogP contribution >= 0.6 is 23.2 Å². The summed E-state index contributed by atoms with van der Waals surface area (Å²) < 4.78 is 29.2. The van der Waals surface area contributed by atoms with Crippen LogP contribution in [-0.2, 0) is 15.0 Å². The molecule has 2 unspecified atom stereocenters. The van der Waals surface area contributed by atoms with Gasteiger partial charge in [0.15, 0.2) is 0 Å². The van der Waals surface area contributed by atoms with E-state index >= 15 is 0 Å². The monoisotopic (exact) mass is 563 g/mol. The van der Waals surface area contributed by atoms with E-state index in [4.69, 9.17) is 23.2 Å². The molecule has 0 aromatic heterocycles. The number of rotatable bonds is 10. The van der Waals surface area contributed by atoms with Crippen LogP contribution in [0.4, 0.5) is 0 Å². The highest BCUT2D eigenvalue weighted by Crippen LogP contribution is 2.54. The minimum Gasteiger partial charge on any atom is -0.330 e. The van der Waals surface area contributed by atoms with Crippen molar-refractivity contribution in [3.8, 4) is 0 Å². The average molecular weight is 565 g/mol. The Balaban J connectivity index is 1.87. The van der Waals surface area contributed by atoms with E-state index in [1.807, 2.05) is 54.3 Å². The SMILES string of the molecule is C=CC[C@@]1(C)CC(c2cccc(Cl)c2)[C@@H](c2ccc(Cl)cc2)N(C(CNS(=O)(=O)N(C)C)C2CC2)C1=O. The summed E-state index contributed by atoms with van der Waals surface area (Å²) in [6.45, 7) is 6.07. The van der Waals surface area contributed by atoms with Crippen molar-refractivity contribution < 1.29 is 13.2 Å². The van der Waals surface area contributed by atoms with Crippen LogP contribution in [0.5, 0.6) is 0 Å². The molecule has 1 saturated heterocycles. The molecule has 37 heavy (non-hydrogen) atoms. The fourth-order valence-electron chi connectivity index (χ4n) is 5.55. The summed E-state index contributed by atoms with van der Waals surface area (Å²) in [5, 5.41) is 1.25. The second kappa shape index (κ2) is 11.1. The zero-order valence-electron chi connectivity index (χ0n) is 21.5. The highest BCUT2D eigenvalue weighted by Gasteiger charge is 2.53. The number of halogens is 2. The number of piperidine rings is 1. The van der Waals surface area contributed by atoms with Gasteiger partial charge >= 0.3 is 0 Å². The van der Waals surface area contributed by atoms with Gasteiger partial charge in [-0.25, -0.2) is 4.72 Å². The van der Waals surface area contributed by atoms with E-state index in [9.17, 15) is 13.2 Å². The van der Waals surface area contributed by atoms with Crippen LogP contribution in [0.15, 0.2) is 61.2 Å². The molecule has 1 N–H and O–H groups in total. The van der Waals surface area contributed by atoms with Gasteiger partial charge < -0.3 is 4.90 Å². The molecule has 1 amide bonds. The van der Waals surface area contributed by atoms with Crippen molar-refractivity contribution in [2.24, 2.45) is 11.3 Å².